The molecular formula is C7H10Br2F2. The summed E-state index contributed by atoms with van der Waals surface area (Å²) in [5.41, 5.74) is 0. The molecule has 0 heterocycles. The normalized spacial score (nSPS) is 45.8. The summed E-state index contributed by atoms with van der Waals surface area (Å²) >= 11 is 6.35. The fourth-order valence-electron chi connectivity index (χ4n) is 1.35. The third kappa shape index (κ3) is 2.38. The highest BCUT2D eigenvalue weighted by atomic mass is 79.9. The van der Waals surface area contributed by atoms with Gasteiger partial charge in [-0.1, -0.05) is 31.9 Å². The molecule has 0 aliphatic heterocycles. The summed E-state index contributed by atoms with van der Waals surface area (Å²) in [6.07, 6.45) is -1.11. The lowest BCUT2D eigenvalue weighted by molar-refractivity contribution is 0.0969. The topological polar surface area (TPSA) is 0 Å². The standard InChI is InChI=1S/C7H10Br2F2/c8-3-5-6(10)1-4(9)2-7(5)11/h4-7H,1-3H2. The molecule has 1 aliphatic rings. The summed E-state index contributed by atoms with van der Waals surface area (Å²) < 4.78 is 26.1. The minimum atomic E-state index is -0.998. The number of alkyl halides is 4. The average molecular weight is 292 g/mol. The van der Waals surface area contributed by atoms with E-state index in [9.17, 15) is 8.78 Å². The van der Waals surface area contributed by atoms with Gasteiger partial charge in [-0.2, -0.15) is 0 Å². The van der Waals surface area contributed by atoms with E-state index in [1.807, 2.05) is 0 Å². The van der Waals surface area contributed by atoms with Gasteiger partial charge in [0.1, 0.15) is 12.3 Å². The van der Waals surface area contributed by atoms with Crippen LogP contribution in [0, 0.1) is 5.92 Å². The van der Waals surface area contributed by atoms with Crippen LogP contribution in [0.25, 0.3) is 0 Å². The van der Waals surface area contributed by atoms with Crippen molar-refractivity contribution in [2.45, 2.75) is 30.0 Å². The van der Waals surface area contributed by atoms with Gasteiger partial charge in [-0.3, -0.25) is 0 Å². The molecule has 1 saturated carbocycles. The highest BCUT2D eigenvalue weighted by molar-refractivity contribution is 9.09. The second-order valence-corrected chi connectivity index (χ2v) is 4.86. The van der Waals surface area contributed by atoms with E-state index in [0.29, 0.717) is 18.2 Å². The van der Waals surface area contributed by atoms with Crippen molar-refractivity contribution < 1.29 is 8.78 Å². The second-order valence-electron chi connectivity index (χ2n) is 2.92. The maximum Gasteiger partial charge on any atom is 0.108 e. The summed E-state index contributed by atoms with van der Waals surface area (Å²) in [7, 11) is 0. The number of hydrogen-bond donors (Lipinski definition) is 0. The molecular weight excluding hydrogens is 282 g/mol. The van der Waals surface area contributed by atoms with Gasteiger partial charge in [-0.25, -0.2) is 8.78 Å². The molecule has 1 fully saturated rings. The lowest BCUT2D eigenvalue weighted by Gasteiger charge is -2.30. The molecule has 0 bridgehead atoms. The Morgan fingerprint density at radius 1 is 1.18 bits per heavy atom. The van der Waals surface area contributed by atoms with E-state index >= 15 is 0 Å². The Kier molecular flexibility index (Phi) is 3.75. The van der Waals surface area contributed by atoms with Crippen LogP contribution in [0.3, 0.4) is 0 Å². The van der Waals surface area contributed by atoms with E-state index in [0.717, 1.165) is 0 Å². The van der Waals surface area contributed by atoms with Gasteiger partial charge in [0.2, 0.25) is 0 Å². The molecule has 0 aromatic carbocycles. The van der Waals surface area contributed by atoms with Crippen molar-refractivity contribution in [3.63, 3.8) is 0 Å². The van der Waals surface area contributed by atoms with Gasteiger partial charge in [0.15, 0.2) is 0 Å². The highest BCUT2D eigenvalue weighted by Crippen LogP contribution is 2.34. The Morgan fingerprint density at radius 2 is 1.64 bits per heavy atom. The van der Waals surface area contributed by atoms with Crippen LogP contribution in [0.15, 0.2) is 0 Å². The first-order chi connectivity index (χ1) is 5.15. The van der Waals surface area contributed by atoms with E-state index < -0.39 is 18.3 Å². The van der Waals surface area contributed by atoms with Crippen molar-refractivity contribution in [3.8, 4) is 0 Å². The van der Waals surface area contributed by atoms with Crippen LogP contribution in [-0.4, -0.2) is 22.5 Å². The molecule has 4 heteroatoms. The minimum absolute atomic E-state index is 0.0165. The molecule has 0 aromatic heterocycles. The maximum atomic E-state index is 13.0. The zero-order chi connectivity index (χ0) is 8.43. The van der Waals surface area contributed by atoms with Crippen LogP contribution < -0.4 is 0 Å². The van der Waals surface area contributed by atoms with Crippen LogP contribution in [0.2, 0.25) is 0 Å². The summed E-state index contributed by atoms with van der Waals surface area (Å²) in [4.78, 5) is 0.0165. The Bertz CT molecular complexity index is 120. The second kappa shape index (κ2) is 4.17. The average Bonchev–Trinajstić information content (AvgIpc) is 1.85. The van der Waals surface area contributed by atoms with E-state index in [4.69, 9.17) is 0 Å². The zero-order valence-corrected chi connectivity index (χ0v) is 9.11. The molecule has 66 valence electrons. The van der Waals surface area contributed by atoms with Crippen LogP contribution in [0.4, 0.5) is 8.78 Å². The van der Waals surface area contributed by atoms with Crippen LogP contribution in [-0.2, 0) is 0 Å². The minimum Gasteiger partial charge on any atom is -0.247 e. The first-order valence-corrected chi connectivity index (χ1v) is 5.67. The molecule has 0 N–H and O–H groups in total. The SMILES string of the molecule is FC1CC(Br)CC(F)C1CBr. The molecule has 2 unspecified atom stereocenters. The molecule has 0 aromatic rings. The largest absolute Gasteiger partial charge is 0.247 e. The summed E-state index contributed by atoms with van der Waals surface area (Å²) in [5.74, 6) is -0.441. The van der Waals surface area contributed by atoms with Crippen LogP contribution in [0.1, 0.15) is 12.8 Å². The van der Waals surface area contributed by atoms with Gasteiger partial charge in [-0.05, 0) is 12.8 Å². The van der Waals surface area contributed by atoms with Gasteiger partial charge in [-0.15, -0.1) is 0 Å². The Hall–Kier alpha value is 0.820. The van der Waals surface area contributed by atoms with E-state index in [1.165, 1.54) is 0 Å². The smallest absolute Gasteiger partial charge is 0.108 e. The third-order valence-electron chi connectivity index (χ3n) is 2.07. The first kappa shape index (κ1) is 9.90. The van der Waals surface area contributed by atoms with Crippen molar-refractivity contribution in [1.29, 1.82) is 0 Å². The molecule has 11 heavy (non-hydrogen) atoms. The number of rotatable bonds is 1. The summed E-state index contributed by atoms with van der Waals surface area (Å²) in [6, 6.07) is 0. The lowest BCUT2D eigenvalue weighted by Crippen LogP contribution is -2.36. The van der Waals surface area contributed by atoms with Gasteiger partial charge in [0, 0.05) is 16.1 Å². The van der Waals surface area contributed by atoms with E-state index in [2.05, 4.69) is 31.9 Å². The quantitative estimate of drug-likeness (QED) is 0.651. The molecule has 2 atom stereocenters. The van der Waals surface area contributed by atoms with Crippen molar-refractivity contribution in [3.05, 3.63) is 0 Å². The van der Waals surface area contributed by atoms with Crippen molar-refractivity contribution in [1.82, 2.24) is 0 Å². The Balaban J connectivity index is 2.52. The predicted molar refractivity (Wildman–Crippen MR) is 49.0 cm³/mol. The van der Waals surface area contributed by atoms with Gasteiger partial charge >= 0.3 is 0 Å². The monoisotopic (exact) mass is 290 g/mol. The summed E-state index contributed by atoms with van der Waals surface area (Å²) in [6.45, 7) is 0. The predicted octanol–water partition coefficient (Wildman–Crippen LogP) is 3.23. The third-order valence-corrected chi connectivity index (χ3v) is 3.56. The van der Waals surface area contributed by atoms with E-state index in [-0.39, 0.29) is 4.83 Å². The summed E-state index contributed by atoms with van der Waals surface area (Å²) in [5, 5.41) is 0.426. The molecule has 1 aliphatic carbocycles. The fourth-order valence-corrected chi connectivity index (χ4v) is 2.88. The van der Waals surface area contributed by atoms with Crippen LogP contribution in [0.5, 0.6) is 0 Å². The Morgan fingerprint density at radius 3 is 2.00 bits per heavy atom. The molecule has 0 spiro atoms. The fraction of sp³-hybridized carbons (Fsp3) is 1.00. The van der Waals surface area contributed by atoms with Crippen molar-refractivity contribution in [2.24, 2.45) is 5.92 Å². The molecule has 0 radical (unpaired) electrons. The van der Waals surface area contributed by atoms with Crippen molar-refractivity contribution in [2.75, 3.05) is 5.33 Å². The molecule has 0 nitrogen and oxygen atoms in total. The van der Waals surface area contributed by atoms with Crippen molar-refractivity contribution >= 4 is 31.9 Å². The molecule has 0 saturated heterocycles. The molecule has 1 rings (SSSR count). The van der Waals surface area contributed by atoms with Gasteiger partial charge in [0.05, 0.1) is 0 Å². The zero-order valence-electron chi connectivity index (χ0n) is 5.94. The molecule has 0 amide bonds. The van der Waals surface area contributed by atoms with Crippen LogP contribution >= 0.6 is 31.9 Å². The first-order valence-electron chi connectivity index (χ1n) is 3.63. The number of halogens is 4. The Labute approximate surface area is 82.0 Å². The maximum absolute atomic E-state index is 13.0. The highest BCUT2D eigenvalue weighted by Gasteiger charge is 2.36. The number of hydrogen-bond acceptors (Lipinski definition) is 0. The van der Waals surface area contributed by atoms with Gasteiger partial charge in [0.25, 0.3) is 0 Å². The lowest BCUT2D eigenvalue weighted by atomic mass is 9.87. The van der Waals surface area contributed by atoms with E-state index in [1.54, 1.807) is 0 Å². The van der Waals surface area contributed by atoms with Gasteiger partial charge < -0.3 is 0 Å².